The zero-order chi connectivity index (χ0) is 18.4. The molecule has 0 saturated carbocycles. The summed E-state index contributed by atoms with van der Waals surface area (Å²) in [5, 5.41) is 6.00. The van der Waals surface area contributed by atoms with Crippen LogP contribution in [0.1, 0.15) is 37.8 Å². The Kier molecular flexibility index (Phi) is 6.59. The van der Waals surface area contributed by atoms with E-state index >= 15 is 0 Å². The number of carbonyl (C=O) groups is 2. The van der Waals surface area contributed by atoms with Crippen molar-refractivity contribution in [2.45, 2.75) is 33.2 Å². The SMILES string of the molecule is CC(=O)NCC(=O)NCc1ccc(C(C)C)cc1-c1ccccc1Cl. The molecule has 0 aliphatic rings. The third kappa shape index (κ3) is 5.33. The lowest BCUT2D eigenvalue weighted by Crippen LogP contribution is -2.35. The van der Waals surface area contributed by atoms with Gasteiger partial charge in [-0.1, -0.05) is 61.8 Å². The minimum atomic E-state index is -0.229. The largest absolute Gasteiger partial charge is 0.350 e. The summed E-state index contributed by atoms with van der Waals surface area (Å²) in [4.78, 5) is 22.8. The topological polar surface area (TPSA) is 58.2 Å². The highest BCUT2D eigenvalue weighted by atomic mass is 35.5. The quantitative estimate of drug-likeness (QED) is 0.823. The molecule has 0 atom stereocenters. The van der Waals surface area contributed by atoms with E-state index in [9.17, 15) is 9.59 Å². The zero-order valence-electron chi connectivity index (χ0n) is 14.7. The molecule has 2 aromatic rings. The first-order valence-electron chi connectivity index (χ1n) is 8.27. The van der Waals surface area contributed by atoms with E-state index < -0.39 is 0 Å². The van der Waals surface area contributed by atoms with Crippen molar-refractivity contribution < 1.29 is 9.59 Å². The Hall–Kier alpha value is -2.33. The normalized spacial score (nSPS) is 10.6. The molecule has 2 rings (SSSR count). The average Bonchev–Trinajstić information content (AvgIpc) is 2.58. The van der Waals surface area contributed by atoms with Gasteiger partial charge in [-0.3, -0.25) is 9.59 Å². The fourth-order valence-electron chi connectivity index (χ4n) is 2.50. The summed E-state index contributed by atoms with van der Waals surface area (Å²) in [5.74, 6) is -0.0638. The maximum atomic E-state index is 11.9. The first-order valence-corrected chi connectivity index (χ1v) is 8.65. The van der Waals surface area contributed by atoms with Crippen molar-refractivity contribution in [3.63, 3.8) is 0 Å². The number of benzene rings is 2. The summed E-state index contributed by atoms with van der Waals surface area (Å²) in [6.45, 7) is 6.01. The molecule has 132 valence electrons. The van der Waals surface area contributed by atoms with E-state index in [0.717, 1.165) is 16.7 Å². The molecule has 0 fully saturated rings. The van der Waals surface area contributed by atoms with E-state index in [1.165, 1.54) is 12.5 Å². The summed E-state index contributed by atoms with van der Waals surface area (Å²) < 4.78 is 0. The van der Waals surface area contributed by atoms with Gasteiger partial charge >= 0.3 is 0 Å². The lowest BCUT2D eigenvalue weighted by molar-refractivity contribution is -0.125. The van der Waals surface area contributed by atoms with Crippen LogP contribution in [0.15, 0.2) is 42.5 Å². The summed E-state index contributed by atoms with van der Waals surface area (Å²) in [6.07, 6.45) is 0. The second-order valence-electron chi connectivity index (χ2n) is 6.24. The molecule has 0 aromatic heterocycles. The molecule has 2 amide bonds. The number of amides is 2. The summed E-state index contributed by atoms with van der Waals surface area (Å²) in [5.41, 5.74) is 4.14. The van der Waals surface area contributed by atoms with Crippen LogP contribution in [0.2, 0.25) is 5.02 Å². The molecule has 0 radical (unpaired) electrons. The molecular weight excluding hydrogens is 336 g/mol. The zero-order valence-corrected chi connectivity index (χ0v) is 15.5. The van der Waals surface area contributed by atoms with Crippen LogP contribution in [0.3, 0.4) is 0 Å². The molecule has 25 heavy (non-hydrogen) atoms. The van der Waals surface area contributed by atoms with E-state index in [1.54, 1.807) is 0 Å². The minimum Gasteiger partial charge on any atom is -0.350 e. The molecule has 4 nitrogen and oxygen atoms in total. The van der Waals surface area contributed by atoms with E-state index in [4.69, 9.17) is 11.6 Å². The van der Waals surface area contributed by atoms with E-state index in [2.05, 4.69) is 36.6 Å². The molecule has 0 heterocycles. The fraction of sp³-hybridized carbons (Fsp3) is 0.300. The molecule has 0 bridgehead atoms. The fourth-order valence-corrected chi connectivity index (χ4v) is 2.74. The Morgan fingerprint density at radius 1 is 1.04 bits per heavy atom. The Bertz CT molecular complexity index is 772. The molecule has 2 aromatic carbocycles. The van der Waals surface area contributed by atoms with Crippen molar-refractivity contribution in [1.82, 2.24) is 10.6 Å². The first kappa shape index (κ1) is 19.0. The molecule has 0 unspecified atom stereocenters. The van der Waals surface area contributed by atoms with Crippen molar-refractivity contribution in [1.29, 1.82) is 0 Å². The van der Waals surface area contributed by atoms with Crippen LogP contribution in [0, 0.1) is 0 Å². The molecule has 0 spiro atoms. The van der Waals surface area contributed by atoms with Gasteiger partial charge in [0.1, 0.15) is 0 Å². The van der Waals surface area contributed by atoms with Crippen molar-refractivity contribution >= 4 is 23.4 Å². The monoisotopic (exact) mass is 358 g/mol. The summed E-state index contributed by atoms with van der Waals surface area (Å²) in [6, 6.07) is 13.9. The van der Waals surface area contributed by atoms with Gasteiger partial charge in [-0.25, -0.2) is 0 Å². The van der Waals surface area contributed by atoms with Gasteiger partial charge in [0, 0.05) is 24.1 Å². The van der Waals surface area contributed by atoms with Gasteiger partial charge in [-0.05, 0) is 28.7 Å². The summed E-state index contributed by atoms with van der Waals surface area (Å²) in [7, 11) is 0. The number of hydrogen-bond donors (Lipinski definition) is 2. The lowest BCUT2D eigenvalue weighted by Gasteiger charge is -2.16. The highest BCUT2D eigenvalue weighted by Crippen LogP contribution is 2.32. The van der Waals surface area contributed by atoms with Crippen LogP contribution < -0.4 is 10.6 Å². The molecule has 0 aliphatic heterocycles. The molecule has 5 heteroatoms. The van der Waals surface area contributed by atoms with Gasteiger partial charge in [-0.15, -0.1) is 0 Å². The van der Waals surface area contributed by atoms with Gasteiger partial charge in [0.25, 0.3) is 0 Å². The van der Waals surface area contributed by atoms with Crippen LogP contribution in [-0.2, 0) is 16.1 Å². The van der Waals surface area contributed by atoms with Crippen LogP contribution >= 0.6 is 11.6 Å². The van der Waals surface area contributed by atoms with E-state index in [-0.39, 0.29) is 18.4 Å². The highest BCUT2D eigenvalue weighted by molar-refractivity contribution is 6.33. The lowest BCUT2D eigenvalue weighted by atomic mass is 9.93. The van der Waals surface area contributed by atoms with Crippen LogP contribution in [0.5, 0.6) is 0 Å². The van der Waals surface area contributed by atoms with Crippen molar-refractivity contribution in [3.05, 3.63) is 58.6 Å². The molecule has 0 saturated heterocycles. The summed E-state index contributed by atoms with van der Waals surface area (Å²) >= 11 is 6.38. The standard InChI is InChI=1S/C20H23ClN2O2/c1-13(2)15-8-9-16(11-23-20(25)12-22-14(3)24)18(10-15)17-6-4-5-7-19(17)21/h4-10,13H,11-12H2,1-3H3,(H,22,24)(H,23,25). The maximum absolute atomic E-state index is 11.9. The second-order valence-corrected chi connectivity index (χ2v) is 6.64. The number of carbonyl (C=O) groups excluding carboxylic acids is 2. The van der Waals surface area contributed by atoms with Gasteiger partial charge in [-0.2, -0.15) is 0 Å². The number of rotatable bonds is 6. The van der Waals surface area contributed by atoms with Gasteiger partial charge < -0.3 is 10.6 Å². The number of halogens is 1. The second kappa shape index (κ2) is 8.67. The van der Waals surface area contributed by atoms with Gasteiger partial charge in [0.2, 0.25) is 11.8 Å². The van der Waals surface area contributed by atoms with Gasteiger partial charge in [0.15, 0.2) is 0 Å². The third-order valence-corrected chi connectivity index (χ3v) is 4.27. The van der Waals surface area contributed by atoms with Crippen molar-refractivity contribution in [2.24, 2.45) is 0 Å². The first-order chi connectivity index (χ1) is 11.9. The Morgan fingerprint density at radius 2 is 1.76 bits per heavy atom. The van der Waals surface area contributed by atoms with Crippen LogP contribution in [-0.4, -0.2) is 18.4 Å². The maximum Gasteiger partial charge on any atom is 0.239 e. The smallest absolute Gasteiger partial charge is 0.239 e. The van der Waals surface area contributed by atoms with Crippen LogP contribution in [0.4, 0.5) is 0 Å². The predicted molar refractivity (Wildman–Crippen MR) is 102 cm³/mol. The number of hydrogen-bond acceptors (Lipinski definition) is 2. The molecular formula is C20H23ClN2O2. The van der Waals surface area contributed by atoms with Gasteiger partial charge in [0.05, 0.1) is 6.54 Å². The highest BCUT2D eigenvalue weighted by Gasteiger charge is 2.12. The average molecular weight is 359 g/mol. The Morgan fingerprint density at radius 3 is 2.40 bits per heavy atom. The number of nitrogens with one attached hydrogen (secondary N) is 2. The van der Waals surface area contributed by atoms with Crippen molar-refractivity contribution in [2.75, 3.05) is 6.54 Å². The van der Waals surface area contributed by atoms with E-state index in [0.29, 0.717) is 17.5 Å². The Labute approximate surface area is 153 Å². The predicted octanol–water partition coefficient (Wildman–Crippen LogP) is 3.88. The van der Waals surface area contributed by atoms with Crippen molar-refractivity contribution in [3.8, 4) is 11.1 Å². The minimum absolute atomic E-state index is 0.0269. The van der Waals surface area contributed by atoms with E-state index in [1.807, 2.05) is 30.3 Å². The Balaban J connectivity index is 2.27. The third-order valence-electron chi connectivity index (χ3n) is 3.94. The molecule has 2 N–H and O–H groups in total. The van der Waals surface area contributed by atoms with Crippen LogP contribution in [0.25, 0.3) is 11.1 Å². The molecule has 0 aliphatic carbocycles.